The first-order valence-corrected chi connectivity index (χ1v) is 4.49. The van der Waals surface area contributed by atoms with Gasteiger partial charge in [-0.2, -0.15) is 13.2 Å². The normalized spacial score (nSPS) is 11.6. The van der Waals surface area contributed by atoms with Crippen molar-refractivity contribution in [1.82, 2.24) is 10.2 Å². The Balaban J connectivity index is 2.83. The molecule has 0 saturated carbocycles. The van der Waals surface area contributed by atoms with Gasteiger partial charge in [0.1, 0.15) is 6.54 Å². The first kappa shape index (κ1) is 12.0. The van der Waals surface area contributed by atoms with E-state index >= 15 is 0 Å². The first-order chi connectivity index (χ1) is 6.81. The average molecular weight is 240 g/mol. The number of aromatic nitrogens is 2. The van der Waals surface area contributed by atoms with Crippen molar-refractivity contribution in [3.8, 4) is 0 Å². The number of hydrogen-bond donors (Lipinski definition) is 1. The lowest BCUT2D eigenvalue weighted by Crippen LogP contribution is -2.22. The van der Waals surface area contributed by atoms with Crippen molar-refractivity contribution in [3.63, 3.8) is 0 Å². The van der Waals surface area contributed by atoms with E-state index in [1.54, 1.807) is 13.8 Å². The van der Waals surface area contributed by atoms with E-state index in [1.165, 1.54) is 0 Å². The summed E-state index contributed by atoms with van der Waals surface area (Å²) in [5, 5.41) is 9.44. The monoisotopic (exact) mass is 239 g/mol. The van der Waals surface area contributed by atoms with Crippen molar-refractivity contribution in [2.75, 3.05) is 11.9 Å². The van der Waals surface area contributed by atoms with Crippen LogP contribution in [-0.2, 0) is 0 Å². The van der Waals surface area contributed by atoms with Crippen LogP contribution >= 0.6 is 11.6 Å². The molecule has 0 aliphatic carbocycles. The van der Waals surface area contributed by atoms with E-state index in [0.717, 1.165) is 0 Å². The van der Waals surface area contributed by atoms with Gasteiger partial charge < -0.3 is 5.32 Å². The summed E-state index contributed by atoms with van der Waals surface area (Å²) in [6.45, 7) is 2.17. The van der Waals surface area contributed by atoms with E-state index in [0.29, 0.717) is 11.1 Å². The molecule has 0 radical (unpaired) electrons. The fourth-order valence-electron chi connectivity index (χ4n) is 0.928. The van der Waals surface area contributed by atoms with Crippen molar-refractivity contribution in [1.29, 1.82) is 0 Å². The minimum atomic E-state index is -4.28. The molecule has 1 heterocycles. The molecular weight excluding hydrogens is 231 g/mol. The molecule has 0 fully saturated rings. The van der Waals surface area contributed by atoms with Gasteiger partial charge in [0.15, 0.2) is 11.0 Å². The van der Waals surface area contributed by atoms with E-state index in [1.807, 2.05) is 0 Å². The number of nitrogens with zero attached hydrogens (tertiary/aromatic N) is 2. The molecule has 0 unspecified atom stereocenters. The number of hydrogen-bond acceptors (Lipinski definition) is 3. The molecule has 1 rings (SSSR count). The zero-order valence-corrected chi connectivity index (χ0v) is 8.87. The van der Waals surface area contributed by atoms with Crippen LogP contribution in [-0.4, -0.2) is 22.9 Å². The second-order valence-electron chi connectivity index (χ2n) is 3.06. The van der Waals surface area contributed by atoms with Gasteiger partial charge in [-0.25, -0.2) is 0 Å². The Morgan fingerprint density at radius 3 is 2.33 bits per heavy atom. The largest absolute Gasteiger partial charge is 0.405 e. The van der Waals surface area contributed by atoms with Crippen LogP contribution in [0.25, 0.3) is 0 Å². The van der Waals surface area contributed by atoms with Crippen molar-refractivity contribution in [2.24, 2.45) is 0 Å². The van der Waals surface area contributed by atoms with Crippen LogP contribution in [0, 0.1) is 13.8 Å². The molecule has 0 spiro atoms. The Bertz CT molecular complexity index is 365. The average Bonchev–Trinajstić information content (AvgIpc) is 2.12. The van der Waals surface area contributed by atoms with Crippen molar-refractivity contribution in [2.45, 2.75) is 20.0 Å². The molecule has 0 aliphatic rings. The highest BCUT2D eigenvalue weighted by Crippen LogP contribution is 2.22. The van der Waals surface area contributed by atoms with Crippen LogP contribution in [0.5, 0.6) is 0 Å². The maximum Gasteiger partial charge on any atom is 0.405 e. The molecular formula is C8H9ClF3N3. The molecule has 0 aromatic carbocycles. The predicted molar refractivity (Wildman–Crippen MR) is 51.1 cm³/mol. The second-order valence-corrected chi connectivity index (χ2v) is 3.42. The minimum absolute atomic E-state index is 0.106. The molecule has 0 atom stereocenters. The number of halogens is 4. The van der Waals surface area contributed by atoms with E-state index in [4.69, 9.17) is 11.6 Å². The van der Waals surface area contributed by atoms with Gasteiger partial charge in [0.25, 0.3) is 0 Å². The molecule has 0 saturated heterocycles. The lowest BCUT2D eigenvalue weighted by atomic mass is 10.2. The van der Waals surface area contributed by atoms with Gasteiger partial charge in [0.05, 0.1) is 0 Å². The highest BCUT2D eigenvalue weighted by molar-refractivity contribution is 6.30. The number of rotatable bonds is 2. The quantitative estimate of drug-likeness (QED) is 0.862. The van der Waals surface area contributed by atoms with Gasteiger partial charge in [-0.05, 0) is 25.0 Å². The third kappa shape index (κ3) is 3.23. The lowest BCUT2D eigenvalue weighted by molar-refractivity contribution is -0.115. The van der Waals surface area contributed by atoms with Gasteiger partial charge in [-0.3, -0.25) is 0 Å². The van der Waals surface area contributed by atoms with Gasteiger partial charge in [-0.1, -0.05) is 11.6 Å². The molecule has 0 amide bonds. The number of anilines is 1. The predicted octanol–water partition coefficient (Wildman–Crippen LogP) is 2.72. The molecule has 1 N–H and O–H groups in total. The maximum absolute atomic E-state index is 11.9. The Morgan fingerprint density at radius 1 is 1.20 bits per heavy atom. The molecule has 0 bridgehead atoms. The van der Waals surface area contributed by atoms with Crippen LogP contribution in [0.3, 0.4) is 0 Å². The smallest absolute Gasteiger partial charge is 0.359 e. The van der Waals surface area contributed by atoms with Crippen molar-refractivity contribution < 1.29 is 13.2 Å². The van der Waals surface area contributed by atoms with E-state index in [-0.39, 0.29) is 11.0 Å². The second kappa shape index (κ2) is 4.22. The zero-order chi connectivity index (χ0) is 11.6. The van der Waals surface area contributed by atoms with Crippen LogP contribution in [0.4, 0.5) is 19.0 Å². The van der Waals surface area contributed by atoms with Gasteiger partial charge in [-0.15, -0.1) is 10.2 Å². The van der Waals surface area contributed by atoms with Crippen molar-refractivity contribution >= 4 is 17.4 Å². The summed E-state index contributed by atoms with van der Waals surface area (Å²) < 4.78 is 35.7. The molecule has 1 aromatic heterocycles. The van der Waals surface area contributed by atoms with Gasteiger partial charge >= 0.3 is 6.18 Å². The minimum Gasteiger partial charge on any atom is -0.359 e. The summed E-state index contributed by atoms with van der Waals surface area (Å²) in [6.07, 6.45) is -4.28. The van der Waals surface area contributed by atoms with Gasteiger partial charge in [0, 0.05) is 0 Å². The van der Waals surface area contributed by atoms with Crippen LogP contribution < -0.4 is 5.32 Å². The van der Waals surface area contributed by atoms with E-state index < -0.39 is 12.7 Å². The fraction of sp³-hybridized carbons (Fsp3) is 0.500. The zero-order valence-electron chi connectivity index (χ0n) is 8.11. The Labute approximate surface area is 89.6 Å². The molecule has 1 aromatic rings. The highest BCUT2D eigenvalue weighted by atomic mass is 35.5. The fourth-order valence-corrected chi connectivity index (χ4v) is 1.11. The van der Waals surface area contributed by atoms with Crippen LogP contribution in [0.2, 0.25) is 5.15 Å². The van der Waals surface area contributed by atoms with Crippen LogP contribution in [0.15, 0.2) is 0 Å². The summed E-state index contributed by atoms with van der Waals surface area (Å²) in [5.74, 6) is 0.106. The topological polar surface area (TPSA) is 37.8 Å². The molecule has 7 heteroatoms. The number of alkyl halides is 3. The number of nitrogens with one attached hydrogen (secondary N) is 1. The molecule has 0 aliphatic heterocycles. The highest BCUT2D eigenvalue weighted by Gasteiger charge is 2.27. The lowest BCUT2D eigenvalue weighted by Gasteiger charge is -2.11. The standard InChI is InChI=1S/C8H9ClF3N3/c1-4-5(2)7(15-14-6(4)9)13-3-8(10,11)12/h3H2,1-2H3,(H,13,15). The van der Waals surface area contributed by atoms with Crippen LogP contribution in [0.1, 0.15) is 11.1 Å². The summed E-state index contributed by atoms with van der Waals surface area (Å²) in [4.78, 5) is 0. The summed E-state index contributed by atoms with van der Waals surface area (Å²) >= 11 is 5.65. The Hall–Kier alpha value is -1.04. The summed E-state index contributed by atoms with van der Waals surface area (Å²) in [6, 6.07) is 0. The van der Waals surface area contributed by atoms with Gasteiger partial charge in [0.2, 0.25) is 0 Å². The SMILES string of the molecule is Cc1c(Cl)nnc(NCC(F)(F)F)c1C. The summed E-state index contributed by atoms with van der Waals surface area (Å²) in [7, 11) is 0. The third-order valence-electron chi connectivity index (χ3n) is 1.92. The Kier molecular flexibility index (Phi) is 3.38. The third-order valence-corrected chi connectivity index (χ3v) is 2.28. The maximum atomic E-state index is 11.9. The molecule has 3 nitrogen and oxygen atoms in total. The summed E-state index contributed by atoms with van der Waals surface area (Å²) in [5.41, 5.74) is 1.19. The molecule has 15 heavy (non-hydrogen) atoms. The van der Waals surface area contributed by atoms with Crippen molar-refractivity contribution in [3.05, 3.63) is 16.3 Å². The molecule has 84 valence electrons. The Morgan fingerprint density at radius 2 is 1.80 bits per heavy atom. The first-order valence-electron chi connectivity index (χ1n) is 4.11. The van der Waals surface area contributed by atoms with E-state index in [9.17, 15) is 13.2 Å². The van der Waals surface area contributed by atoms with E-state index in [2.05, 4.69) is 15.5 Å².